The van der Waals surface area contributed by atoms with E-state index in [1.165, 1.54) is 5.56 Å². The van der Waals surface area contributed by atoms with Gasteiger partial charge in [-0.1, -0.05) is 42.8 Å². The first-order valence-corrected chi connectivity index (χ1v) is 9.11. The van der Waals surface area contributed by atoms with Gasteiger partial charge < -0.3 is 15.1 Å². The van der Waals surface area contributed by atoms with Crippen molar-refractivity contribution in [2.75, 3.05) is 36.4 Å². The van der Waals surface area contributed by atoms with Crippen LogP contribution in [0.3, 0.4) is 0 Å². The number of halogens is 1. The Bertz CT molecular complexity index is 754. The molecule has 4 nitrogen and oxygen atoms in total. The van der Waals surface area contributed by atoms with Gasteiger partial charge in [0, 0.05) is 42.6 Å². The summed E-state index contributed by atoms with van der Waals surface area (Å²) in [4.78, 5) is 16.7. The van der Waals surface area contributed by atoms with Gasteiger partial charge in [-0.3, -0.25) is 0 Å². The van der Waals surface area contributed by atoms with Crippen LogP contribution >= 0.6 is 11.6 Å². The average Bonchev–Trinajstić information content (AvgIpc) is 2.64. The van der Waals surface area contributed by atoms with Gasteiger partial charge in [-0.05, 0) is 42.7 Å². The molecule has 0 saturated carbocycles. The molecule has 0 radical (unpaired) electrons. The molecule has 0 bridgehead atoms. The van der Waals surface area contributed by atoms with Gasteiger partial charge in [-0.2, -0.15) is 0 Å². The highest BCUT2D eigenvalue weighted by Gasteiger charge is 2.22. The quantitative estimate of drug-likeness (QED) is 0.873. The monoisotopic (exact) mass is 357 g/mol. The van der Waals surface area contributed by atoms with E-state index >= 15 is 0 Å². The van der Waals surface area contributed by atoms with Crippen LogP contribution < -0.4 is 10.2 Å². The molecule has 2 aromatic rings. The first-order chi connectivity index (χ1) is 12.1. The normalized spacial score (nSPS) is 14.5. The Morgan fingerprint density at radius 2 is 1.84 bits per heavy atom. The Balaban J connectivity index is 1.62. The largest absolute Gasteiger partial charge is 0.368 e. The van der Waals surface area contributed by atoms with Gasteiger partial charge in [0.2, 0.25) is 0 Å². The topological polar surface area (TPSA) is 35.6 Å². The zero-order valence-corrected chi connectivity index (χ0v) is 15.5. The van der Waals surface area contributed by atoms with Crippen LogP contribution in [-0.2, 0) is 6.42 Å². The van der Waals surface area contributed by atoms with Crippen LogP contribution in [0, 0.1) is 6.92 Å². The number of benzene rings is 2. The SMILES string of the molecule is CCc1ccccc1NC(=O)N1CCN(c2cc(Cl)ccc2C)CC1. The van der Waals surface area contributed by atoms with Crippen LogP contribution in [-0.4, -0.2) is 37.1 Å². The van der Waals surface area contributed by atoms with E-state index < -0.39 is 0 Å². The van der Waals surface area contributed by atoms with Crippen LogP contribution in [0.4, 0.5) is 16.2 Å². The fraction of sp³-hybridized carbons (Fsp3) is 0.350. The maximum Gasteiger partial charge on any atom is 0.321 e. The van der Waals surface area contributed by atoms with Crippen molar-refractivity contribution in [3.05, 3.63) is 58.6 Å². The zero-order valence-electron chi connectivity index (χ0n) is 14.8. The van der Waals surface area contributed by atoms with Crippen molar-refractivity contribution in [1.29, 1.82) is 0 Å². The smallest absolute Gasteiger partial charge is 0.321 e. The van der Waals surface area contributed by atoms with Gasteiger partial charge in [0.1, 0.15) is 0 Å². The molecule has 1 saturated heterocycles. The number of urea groups is 1. The molecular formula is C20H24ClN3O. The fourth-order valence-corrected chi connectivity index (χ4v) is 3.38. The minimum Gasteiger partial charge on any atom is -0.368 e. The molecule has 1 aliphatic rings. The summed E-state index contributed by atoms with van der Waals surface area (Å²) in [6, 6.07) is 13.9. The molecule has 5 heteroatoms. The number of hydrogen-bond donors (Lipinski definition) is 1. The molecule has 1 N–H and O–H groups in total. The second kappa shape index (κ2) is 7.79. The maximum absolute atomic E-state index is 12.6. The van der Waals surface area contributed by atoms with Crippen LogP contribution in [0.2, 0.25) is 5.02 Å². The minimum absolute atomic E-state index is 0.0247. The number of nitrogens with one attached hydrogen (secondary N) is 1. The predicted octanol–water partition coefficient (Wildman–Crippen LogP) is 4.56. The lowest BCUT2D eigenvalue weighted by atomic mass is 10.1. The molecule has 3 rings (SSSR count). The van der Waals surface area contributed by atoms with E-state index in [0.29, 0.717) is 13.1 Å². The highest BCUT2D eigenvalue weighted by molar-refractivity contribution is 6.30. The first kappa shape index (κ1) is 17.6. The summed E-state index contributed by atoms with van der Waals surface area (Å²) in [5, 5.41) is 3.80. The summed E-state index contributed by atoms with van der Waals surface area (Å²) in [7, 11) is 0. The number of anilines is 2. The molecule has 0 aromatic heterocycles. The Hall–Kier alpha value is -2.20. The van der Waals surface area contributed by atoms with Crippen LogP contribution in [0.5, 0.6) is 0 Å². The third-order valence-electron chi connectivity index (χ3n) is 4.72. The molecule has 0 aliphatic carbocycles. The Morgan fingerprint density at radius 1 is 1.12 bits per heavy atom. The van der Waals surface area contributed by atoms with Crippen LogP contribution in [0.25, 0.3) is 0 Å². The van der Waals surface area contributed by atoms with Gasteiger partial charge in [0.15, 0.2) is 0 Å². The third-order valence-corrected chi connectivity index (χ3v) is 4.95. The predicted molar refractivity (Wildman–Crippen MR) is 105 cm³/mol. The number of hydrogen-bond acceptors (Lipinski definition) is 2. The number of aryl methyl sites for hydroxylation is 2. The van der Waals surface area contributed by atoms with Crippen molar-refractivity contribution in [3.63, 3.8) is 0 Å². The van der Waals surface area contributed by atoms with Crippen molar-refractivity contribution in [3.8, 4) is 0 Å². The van der Waals surface area contributed by atoms with E-state index in [4.69, 9.17) is 11.6 Å². The van der Waals surface area contributed by atoms with Crippen LogP contribution in [0.15, 0.2) is 42.5 Å². The third kappa shape index (κ3) is 4.07. The molecule has 1 fully saturated rings. The molecule has 25 heavy (non-hydrogen) atoms. The number of carbonyl (C=O) groups excluding carboxylic acids is 1. The summed E-state index contributed by atoms with van der Waals surface area (Å²) in [6.45, 7) is 7.20. The summed E-state index contributed by atoms with van der Waals surface area (Å²) < 4.78 is 0. The summed E-state index contributed by atoms with van der Waals surface area (Å²) in [6.07, 6.45) is 0.901. The van der Waals surface area contributed by atoms with Crippen molar-refractivity contribution < 1.29 is 4.79 Å². The molecule has 0 spiro atoms. The van der Waals surface area contributed by atoms with Gasteiger partial charge in [-0.25, -0.2) is 4.79 Å². The van der Waals surface area contributed by atoms with E-state index in [2.05, 4.69) is 30.1 Å². The highest BCUT2D eigenvalue weighted by Crippen LogP contribution is 2.25. The first-order valence-electron chi connectivity index (χ1n) is 8.73. The molecule has 0 unspecified atom stereocenters. The Morgan fingerprint density at radius 3 is 2.56 bits per heavy atom. The Labute approximate surface area is 154 Å². The van der Waals surface area contributed by atoms with E-state index in [1.807, 2.05) is 41.3 Å². The van der Waals surface area contributed by atoms with E-state index in [9.17, 15) is 4.79 Å². The van der Waals surface area contributed by atoms with Crippen molar-refractivity contribution >= 4 is 29.0 Å². The summed E-state index contributed by atoms with van der Waals surface area (Å²) in [5.41, 5.74) is 4.43. The van der Waals surface area contributed by atoms with E-state index in [0.717, 1.165) is 41.5 Å². The van der Waals surface area contributed by atoms with Gasteiger partial charge in [-0.15, -0.1) is 0 Å². The molecule has 2 amide bonds. The van der Waals surface area contributed by atoms with Crippen molar-refractivity contribution in [2.45, 2.75) is 20.3 Å². The van der Waals surface area contributed by atoms with Gasteiger partial charge >= 0.3 is 6.03 Å². The number of piperazine rings is 1. The lowest BCUT2D eigenvalue weighted by Crippen LogP contribution is -2.50. The number of amides is 2. The summed E-state index contributed by atoms with van der Waals surface area (Å²) in [5.74, 6) is 0. The highest BCUT2D eigenvalue weighted by atomic mass is 35.5. The lowest BCUT2D eigenvalue weighted by Gasteiger charge is -2.37. The van der Waals surface area contributed by atoms with Gasteiger partial charge in [0.25, 0.3) is 0 Å². The van der Waals surface area contributed by atoms with Crippen molar-refractivity contribution in [2.24, 2.45) is 0 Å². The number of nitrogens with zero attached hydrogens (tertiary/aromatic N) is 2. The number of carbonyl (C=O) groups is 1. The molecule has 2 aromatic carbocycles. The second-order valence-corrected chi connectivity index (χ2v) is 6.78. The van der Waals surface area contributed by atoms with Crippen LogP contribution in [0.1, 0.15) is 18.1 Å². The summed E-state index contributed by atoms with van der Waals surface area (Å²) >= 11 is 6.13. The standard InChI is InChI=1S/C20H24ClN3O/c1-3-16-6-4-5-7-18(16)22-20(25)24-12-10-23(11-13-24)19-14-17(21)9-8-15(19)2/h4-9,14H,3,10-13H2,1-2H3,(H,22,25). The second-order valence-electron chi connectivity index (χ2n) is 6.35. The number of para-hydroxylation sites is 1. The maximum atomic E-state index is 12.6. The fourth-order valence-electron chi connectivity index (χ4n) is 3.22. The molecule has 132 valence electrons. The molecule has 0 atom stereocenters. The van der Waals surface area contributed by atoms with E-state index in [-0.39, 0.29) is 6.03 Å². The van der Waals surface area contributed by atoms with E-state index in [1.54, 1.807) is 0 Å². The molecular weight excluding hydrogens is 334 g/mol. The lowest BCUT2D eigenvalue weighted by molar-refractivity contribution is 0.208. The number of rotatable bonds is 3. The minimum atomic E-state index is -0.0247. The molecule has 1 aliphatic heterocycles. The Kier molecular flexibility index (Phi) is 5.49. The van der Waals surface area contributed by atoms with Gasteiger partial charge in [0.05, 0.1) is 0 Å². The van der Waals surface area contributed by atoms with Crippen molar-refractivity contribution in [1.82, 2.24) is 4.90 Å². The average molecular weight is 358 g/mol. The zero-order chi connectivity index (χ0) is 17.8. The molecule has 1 heterocycles.